The number of halogens is 1. The van der Waals surface area contributed by atoms with Crippen LogP contribution in [0, 0.1) is 0 Å². The summed E-state index contributed by atoms with van der Waals surface area (Å²) in [5.41, 5.74) is 0. The maximum absolute atomic E-state index is 11.1. The molecule has 1 N–H and O–H groups in total. The molecule has 5 heteroatoms. The van der Waals surface area contributed by atoms with Gasteiger partial charge in [0.1, 0.15) is 5.00 Å². The van der Waals surface area contributed by atoms with Gasteiger partial charge in [0.2, 0.25) is 0 Å². The zero-order chi connectivity index (χ0) is 9.14. The van der Waals surface area contributed by atoms with Crippen molar-refractivity contribution in [3.8, 4) is 0 Å². The van der Waals surface area contributed by atoms with E-state index in [1.54, 1.807) is 20.2 Å². The molecule has 1 aromatic heterocycles. The van der Waals surface area contributed by atoms with Crippen molar-refractivity contribution in [1.29, 1.82) is 0 Å². The predicted octanol–water partition coefficient (Wildman–Crippen LogP) is 2.18. The van der Waals surface area contributed by atoms with Crippen LogP contribution in [0.25, 0.3) is 0 Å². The molecule has 0 atom stereocenters. The lowest BCUT2D eigenvalue weighted by Crippen LogP contribution is -2.34. The number of carbonyl (C=O) groups excluding carboxylic acids is 1. The van der Waals surface area contributed by atoms with Crippen molar-refractivity contribution in [2.24, 2.45) is 0 Å². The Kier molecular flexibility index (Phi) is 2.94. The summed E-state index contributed by atoms with van der Waals surface area (Å²) >= 11 is 7.08. The zero-order valence-corrected chi connectivity index (χ0v) is 8.37. The van der Waals surface area contributed by atoms with E-state index in [9.17, 15) is 4.79 Å². The van der Waals surface area contributed by atoms with Crippen LogP contribution >= 0.6 is 22.9 Å². The van der Waals surface area contributed by atoms with Crippen LogP contribution in [0.2, 0.25) is 4.34 Å². The Hall–Kier alpha value is -0.740. The molecule has 0 bridgehead atoms. The van der Waals surface area contributed by atoms with Crippen molar-refractivity contribution in [2.45, 2.75) is 0 Å². The number of thiophene rings is 1. The summed E-state index contributed by atoms with van der Waals surface area (Å²) in [6, 6.07) is 3.43. The molecule has 0 aliphatic carbocycles. The summed E-state index contributed by atoms with van der Waals surface area (Å²) in [5, 5.41) is 3.36. The highest BCUT2D eigenvalue weighted by Crippen LogP contribution is 2.28. The molecular formula is C7H9ClN2OS. The summed E-state index contributed by atoms with van der Waals surface area (Å²) in [7, 11) is 3.29. The molecule has 0 aliphatic rings. The Morgan fingerprint density at radius 1 is 1.67 bits per heavy atom. The van der Waals surface area contributed by atoms with Gasteiger partial charge in [0.25, 0.3) is 0 Å². The molecule has 0 spiro atoms. The molecule has 1 heterocycles. The third kappa shape index (κ3) is 1.89. The fraction of sp³-hybridized carbons (Fsp3) is 0.286. The molecule has 2 amide bonds. The number of hydrogen-bond acceptors (Lipinski definition) is 2. The highest BCUT2D eigenvalue weighted by Gasteiger charge is 2.09. The van der Waals surface area contributed by atoms with E-state index in [0.717, 1.165) is 5.00 Å². The Bertz CT molecular complexity index is 287. The van der Waals surface area contributed by atoms with E-state index in [1.165, 1.54) is 16.2 Å². The Morgan fingerprint density at radius 3 is 2.75 bits per heavy atom. The number of nitrogens with one attached hydrogen (secondary N) is 1. The SMILES string of the molecule is CNC(=O)N(C)c1ccc(Cl)s1. The second kappa shape index (κ2) is 3.78. The van der Waals surface area contributed by atoms with Crippen LogP contribution in [0.1, 0.15) is 0 Å². The van der Waals surface area contributed by atoms with Crippen LogP contribution in [0.5, 0.6) is 0 Å². The van der Waals surface area contributed by atoms with E-state index >= 15 is 0 Å². The first-order chi connectivity index (χ1) is 5.65. The quantitative estimate of drug-likeness (QED) is 0.747. The fourth-order valence-electron chi connectivity index (χ4n) is 0.753. The molecule has 1 aromatic rings. The molecule has 0 aromatic carbocycles. The molecule has 66 valence electrons. The molecular weight excluding hydrogens is 196 g/mol. The maximum Gasteiger partial charge on any atom is 0.321 e. The number of hydrogen-bond donors (Lipinski definition) is 1. The normalized spacial score (nSPS) is 9.58. The van der Waals surface area contributed by atoms with E-state index in [0.29, 0.717) is 4.34 Å². The molecule has 0 saturated heterocycles. The third-order valence-electron chi connectivity index (χ3n) is 1.41. The zero-order valence-electron chi connectivity index (χ0n) is 6.80. The minimum Gasteiger partial charge on any atom is -0.341 e. The van der Waals surface area contributed by atoms with Gasteiger partial charge in [0.15, 0.2) is 0 Å². The fourth-order valence-corrected chi connectivity index (χ4v) is 1.74. The first kappa shape index (κ1) is 9.35. The average Bonchev–Trinajstić information content (AvgIpc) is 2.49. The van der Waals surface area contributed by atoms with E-state index in [1.807, 2.05) is 6.07 Å². The summed E-state index contributed by atoms with van der Waals surface area (Å²) in [6.07, 6.45) is 0. The van der Waals surface area contributed by atoms with Crippen molar-refractivity contribution >= 4 is 34.0 Å². The van der Waals surface area contributed by atoms with Gasteiger partial charge in [-0.1, -0.05) is 11.6 Å². The van der Waals surface area contributed by atoms with Gasteiger partial charge in [-0.2, -0.15) is 0 Å². The number of carbonyl (C=O) groups is 1. The molecule has 0 fully saturated rings. The van der Waals surface area contributed by atoms with Gasteiger partial charge in [0, 0.05) is 14.1 Å². The van der Waals surface area contributed by atoms with Crippen LogP contribution in [-0.4, -0.2) is 20.1 Å². The summed E-state index contributed by atoms with van der Waals surface area (Å²) in [4.78, 5) is 12.6. The molecule has 0 radical (unpaired) electrons. The van der Waals surface area contributed by atoms with Crippen molar-refractivity contribution in [3.63, 3.8) is 0 Å². The first-order valence-corrected chi connectivity index (χ1v) is 4.55. The topological polar surface area (TPSA) is 32.3 Å². The number of rotatable bonds is 1. The van der Waals surface area contributed by atoms with Gasteiger partial charge >= 0.3 is 6.03 Å². The molecule has 0 saturated carbocycles. The number of anilines is 1. The van der Waals surface area contributed by atoms with E-state index in [4.69, 9.17) is 11.6 Å². The van der Waals surface area contributed by atoms with Gasteiger partial charge in [0.05, 0.1) is 4.34 Å². The number of amides is 2. The second-order valence-electron chi connectivity index (χ2n) is 2.19. The molecule has 12 heavy (non-hydrogen) atoms. The summed E-state index contributed by atoms with van der Waals surface area (Å²) < 4.78 is 0.681. The Morgan fingerprint density at radius 2 is 2.33 bits per heavy atom. The largest absolute Gasteiger partial charge is 0.341 e. The lowest BCUT2D eigenvalue weighted by atomic mass is 10.6. The third-order valence-corrected chi connectivity index (χ3v) is 2.72. The van der Waals surface area contributed by atoms with E-state index in [2.05, 4.69) is 5.32 Å². The van der Waals surface area contributed by atoms with Crippen molar-refractivity contribution in [3.05, 3.63) is 16.5 Å². The Balaban J connectivity index is 2.77. The summed E-state index contributed by atoms with van der Waals surface area (Å²) in [5.74, 6) is 0. The Labute approximate surface area is 79.9 Å². The average molecular weight is 205 g/mol. The number of nitrogens with zero attached hydrogens (tertiary/aromatic N) is 1. The van der Waals surface area contributed by atoms with Crippen molar-refractivity contribution in [1.82, 2.24) is 5.32 Å². The van der Waals surface area contributed by atoms with Crippen molar-refractivity contribution < 1.29 is 4.79 Å². The van der Waals surface area contributed by atoms with Crippen LogP contribution < -0.4 is 10.2 Å². The summed E-state index contributed by atoms with van der Waals surface area (Å²) in [6.45, 7) is 0. The van der Waals surface area contributed by atoms with Crippen LogP contribution in [0.15, 0.2) is 12.1 Å². The van der Waals surface area contributed by atoms with E-state index in [-0.39, 0.29) is 6.03 Å². The lowest BCUT2D eigenvalue weighted by Gasteiger charge is -2.13. The minimum atomic E-state index is -0.145. The van der Waals surface area contributed by atoms with Gasteiger partial charge in [-0.05, 0) is 12.1 Å². The first-order valence-electron chi connectivity index (χ1n) is 3.36. The van der Waals surface area contributed by atoms with Gasteiger partial charge < -0.3 is 5.32 Å². The van der Waals surface area contributed by atoms with Gasteiger partial charge in [-0.3, -0.25) is 4.90 Å². The van der Waals surface area contributed by atoms with Crippen molar-refractivity contribution in [2.75, 3.05) is 19.0 Å². The maximum atomic E-state index is 11.1. The standard InChI is InChI=1S/C7H9ClN2OS/c1-9-7(11)10(2)6-4-3-5(8)12-6/h3-4H,1-2H3,(H,9,11). The van der Waals surface area contributed by atoms with Crippen LogP contribution in [-0.2, 0) is 0 Å². The van der Waals surface area contributed by atoms with Gasteiger partial charge in [-0.15, -0.1) is 11.3 Å². The molecule has 3 nitrogen and oxygen atoms in total. The predicted molar refractivity (Wildman–Crippen MR) is 52.2 cm³/mol. The number of urea groups is 1. The van der Waals surface area contributed by atoms with E-state index < -0.39 is 0 Å². The van der Waals surface area contributed by atoms with Crippen LogP contribution in [0.3, 0.4) is 0 Å². The monoisotopic (exact) mass is 204 g/mol. The molecule has 1 rings (SSSR count). The molecule has 0 aliphatic heterocycles. The lowest BCUT2D eigenvalue weighted by molar-refractivity contribution is 0.249. The van der Waals surface area contributed by atoms with Gasteiger partial charge in [-0.25, -0.2) is 4.79 Å². The van der Waals surface area contributed by atoms with Crippen LogP contribution in [0.4, 0.5) is 9.80 Å². The highest BCUT2D eigenvalue weighted by molar-refractivity contribution is 7.20. The highest BCUT2D eigenvalue weighted by atomic mass is 35.5. The smallest absolute Gasteiger partial charge is 0.321 e. The second-order valence-corrected chi connectivity index (χ2v) is 3.89. The minimum absolute atomic E-state index is 0.145. The molecule has 0 unspecified atom stereocenters.